The fourth-order valence-electron chi connectivity index (χ4n) is 1.64. The summed E-state index contributed by atoms with van der Waals surface area (Å²) in [5.41, 5.74) is 3.31. The molecule has 5 heteroatoms. The smallest absolute Gasteiger partial charge is 0.283 e. The Labute approximate surface area is 102 Å². The lowest BCUT2D eigenvalue weighted by Gasteiger charge is -2.24. The zero-order valence-corrected chi connectivity index (χ0v) is 10.6. The maximum absolute atomic E-state index is 11.3. The van der Waals surface area contributed by atoms with Crippen LogP contribution in [-0.4, -0.2) is 28.4 Å². The third-order valence-electron chi connectivity index (χ3n) is 2.67. The second-order valence-corrected chi connectivity index (χ2v) is 4.14. The minimum absolute atomic E-state index is 0.352. The molecule has 1 amide bonds. The summed E-state index contributed by atoms with van der Waals surface area (Å²) in [5.74, 6) is 4.72. The highest BCUT2D eigenvalue weighted by molar-refractivity contribution is 5.91. The molecule has 0 fully saturated rings. The van der Waals surface area contributed by atoms with Crippen molar-refractivity contribution < 1.29 is 4.79 Å². The van der Waals surface area contributed by atoms with Gasteiger partial charge in [-0.15, -0.1) is 0 Å². The predicted molar refractivity (Wildman–Crippen MR) is 67.1 cm³/mol. The van der Waals surface area contributed by atoms with E-state index in [9.17, 15) is 4.79 Å². The highest BCUT2D eigenvalue weighted by Gasteiger charge is 2.10. The van der Waals surface area contributed by atoms with Crippen LogP contribution in [0.15, 0.2) is 18.2 Å². The number of carbonyl (C=O) groups excluding carboxylic acids is 1. The normalized spacial score (nSPS) is 10.9. The zero-order valence-electron chi connectivity index (χ0n) is 10.6. The molecule has 0 atom stereocenters. The molecule has 0 saturated carbocycles. The minimum atomic E-state index is -0.362. The second kappa shape index (κ2) is 6.32. The topological polar surface area (TPSA) is 71.2 Å². The predicted octanol–water partition coefficient (Wildman–Crippen LogP) is 0.915. The van der Waals surface area contributed by atoms with Crippen LogP contribution in [0.1, 0.15) is 37.0 Å². The summed E-state index contributed by atoms with van der Waals surface area (Å²) in [6, 6.07) is 5.84. The number of aromatic nitrogens is 1. The number of hydrogen-bond acceptors (Lipinski definition) is 4. The standard InChI is InChI=1S/C12H20N4O/c1-4-16(9(2)3)8-10-6-5-7-11(14-10)12(17)15-13/h5-7,9H,4,8,13H2,1-3H3,(H,15,17). The third kappa shape index (κ3) is 3.80. The van der Waals surface area contributed by atoms with Gasteiger partial charge in [0, 0.05) is 12.6 Å². The molecule has 94 valence electrons. The van der Waals surface area contributed by atoms with Crippen molar-refractivity contribution >= 4 is 5.91 Å². The van der Waals surface area contributed by atoms with Crippen molar-refractivity contribution in [3.05, 3.63) is 29.6 Å². The lowest BCUT2D eigenvalue weighted by Crippen LogP contribution is -2.32. The second-order valence-electron chi connectivity index (χ2n) is 4.14. The number of hydrogen-bond donors (Lipinski definition) is 2. The van der Waals surface area contributed by atoms with E-state index < -0.39 is 0 Å². The SMILES string of the molecule is CCN(Cc1cccc(C(=O)NN)n1)C(C)C. The van der Waals surface area contributed by atoms with Crippen LogP contribution in [0.25, 0.3) is 0 Å². The van der Waals surface area contributed by atoms with Gasteiger partial charge in [-0.1, -0.05) is 13.0 Å². The summed E-state index contributed by atoms with van der Waals surface area (Å²) in [6.07, 6.45) is 0. The van der Waals surface area contributed by atoms with Crippen molar-refractivity contribution in [2.45, 2.75) is 33.4 Å². The first-order chi connectivity index (χ1) is 8.08. The maximum atomic E-state index is 11.3. The third-order valence-corrected chi connectivity index (χ3v) is 2.67. The molecule has 0 aliphatic carbocycles. The van der Waals surface area contributed by atoms with Gasteiger partial charge >= 0.3 is 0 Å². The van der Waals surface area contributed by atoms with Crippen LogP contribution in [0.3, 0.4) is 0 Å². The molecule has 0 radical (unpaired) electrons. The minimum Gasteiger partial charge on any atom is -0.295 e. The van der Waals surface area contributed by atoms with Gasteiger partial charge in [0.15, 0.2) is 0 Å². The van der Waals surface area contributed by atoms with E-state index >= 15 is 0 Å². The van der Waals surface area contributed by atoms with E-state index in [0.29, 0.717) is 11.7 Å². The number of carbonyl (C=O) groups is 1. The Kier molecular flexibility index (Phi) is 5.06. The lowest BCUT2D eigenvalue weighted by atomic mass is 10.2. The molecule has 0 aliphatic rings. The lowest BCUT2D eigenvalue weighted by molar-refractivity contribution is 0.0948. The van der Waals surface area contributed by atoms with Gasteiger partial charge < -0.3 is 0 Å². The summed E-state index contributed by atoms with van der Waals surface area (Å²) in [4.78, 5) is 17.9. The van der Waals surface area contributed by atoms with Crippen molar-refractivity contribution in [1.82, 2.24) is 15.3 Å². The van der Waals surface area contributed by atoms with Gasteiger partial charge in [0.25, 0.3) is 5.91 Å². The highest BCUT2D eigenvalue weighted by Crippen LogP contribution is 2.06. The van der Waals surface area contributed by atoms with Gasteiger partial charge in [0.2, 0.25) is 0 Å². The molecule has 0 aromatic carbocycles. The molecule has 0 aliphatic heterocycles. The first kappa shape index (κ1) is 13.6. The van der Waals surface area contributed by atoms with Crippen LogP contribution in [0, 0.1) is 0 Å². The highest BCUT2D eigenvalue weighted by atomic mass is 16.2. The fourth-order valence-corrected chi connectivity index (χ4v) is 1.64. The number of nitrogen functional groups attached to an aromatic ring is 1. The molecule has 0 saturated heterocycles. The number of amides is 1. The molecular weight excluding hydrogens is 216 g/mol. The van der Waals surface area contributed by atoms with E-state index in [4.69, 9.17) is 5.84 Å². The van der Waals surface area contributed by atoms with Crippen molar-refractivity contribution in [1.29, 1.82) is 0 Å². The molecule has 1 rings (SSSR count). The molecule has 17 heavy (non-hydrogen) atoms. The monoisotopic (exact) mass is 236 g/mol. The number of nitrogens with one attached hydrogen (secondary N) is 1. The van der Waals surface area contributed by atoms with E-state index in [1.807, 2.05) is 12.1 Å². The van der Waals surface area contributed by atoms with Gasteiger partial charge in [-0.05, 0) is 32.5 Å². The quantitative estimate of drug-likeness (QED) is 0.453. The largest absolute Gasteiger partial charge is 0.295 e. The Balaban J connectivity index is 2.81. The summed E-state index contributed by atoms with van der Waals surface area (Å²) >= 11 is 0. The van der Waals surface area contributed by atoms with Crippen LogP contribution in [0.5, 0.6) is 0 Å². The Bertz CT molecular complexity index is 379. The Morgan fingerprint density at radius 1 is 1.53 bits per heavy atom. The molecule has 1 aromatic rings. The Morgan fingerprint density at radius 2 is 2.24 bits per heavy atom. The zero-order chi connectivity index (χ0) is 12.8. The molecule has 1 aromatic heterocycles. The number of hydrazine groups is 1. The van der Waals surface area contributed by atoms with Gasteiger partial charge in [-0.25, -0.2) is 10.8 Å². The molecular formula is C12H20N4O. The van der Waals surface area contributed by atoms with Crippen LogP contribution in [-0.2, 0) is 6.54 Å². The first-order valence-corrected chi connectivity index (χ1v) is 5.79. The Morgan fingerprint density at radius 3 is 2.76 bits per heavy atom. The van der Waals surface area contributed by atoms with Crippen molar-refractivity contribution in [3.8, 4) is 0 Å². The molecule has 0 bridgehead atoms. The molecule has 0 unspecified atom stereocenters. The first-order valence-electron chi connectivity index (χ1n) is 5.79. The molecule has 1 heterocycles. The average molecular weight is 236 g/mol. The summed E-state index contributed by atoms with van der Waals surface area (Å²) in [5, 5.41) is 0. The van der Waals surface area contributed by atoms with Crippen molar-refractivity contribution in [2.75, 3.05) is 6.54 Å². The van der Waals surface area contributed by atoms with Gasteiger partial charge in [-0.2, -0.15) is 0 Å². The summed E-state index contributed by atoms with van der Waals surface area (Å²) in [7, 11) is 0. The van der Waals surface area contributed by atoms with Gasteiger partial charge in [-0.3, -0.25) is 15.1 Å². The maximum Gasteiger partial charge on any atom is 0.283 e. The summed E-state index contributed by atoms with van der Waals surface area (Å²) in [6.45, 7) is 8.07. The van der Waals surface area contributed by atoms with Gasteiger partial charge in [0.05, 0.1) is 5.69 Å². The number of nitrogens with two attached hydrogens (primary N) is 1. The fraction of sp³-hybridized carbons (Fsp3) is 0.500. The Hall–Kier alpha value is -1.46. The van der Waals surface area contributed by atoms with Crippen molar-refractivity contribution in [3.63, 3.8) is 0 Å². The number of pyridine rings is 1. The number of nitrogens with zero attached hydrogens (tertiary/aromatic N) is 2. The summed E-state index contributed by atoms with van der Waals surface area (Å²) < 4.78 is 0. The van der Waals surface area contributed by atoms with E-state index in [0.717, 1.165) is 18.8 Å². The molecule has 5 nitrogen and oxygen atoms in total. The van der Waals surface area contributed by atoms with Crippen LogP contribution < -0.4 is 11.3 Å². The van der Waals surface area contributed by atoms with E-state index in [-0.39, 0.29) is 5.91 Å². The average Bonchev–Trinajstić information content (AvgIpc) is 2.34. The molecule has 0 spiro atoms. The van der Waals surface area contributed by atoms with Crippen LogP contribution in [0.2, 0.25) is 0 Å². The van der Waals surface area contributed by atoms with E-state index in [2.05, 4.69) is 36.1 Å². The van der Waals surface area contributed by atoms with Gasteiger partial charge in [0.1, 0.15) is 5.69 Å². The van der Waals surface area contributed by atoms with E-state index in [1.54, 1.807) is 6.07 Å². The number of rotatable bonds is 5. The van der Waals surface area contributed by atoms with Crippen molar-refractivity contribution in [2.24, 2.45) is 5.84 Å². The van der Waals surface area contributed by atoms with Crippen LogP contribution >= 0.6 is 0 Å². The van der Waals surface area contributed by atoms with Crippen LogP contribution in [0.4, 0.5) is 0 Å². The van der Waals surface area contributed by atoms with E-state index in [1.165, 1.54) is 0 Å². The molecule has 3 N–H and O–H groups in total.